The predicted octanol–water partition coefficient (Wildman–Crippen LogP) is 2.91. The Morgan fingerprint density at radius 1 is 1.32 bits per heavy atom. The zero-order valence-electron chi connectivity index (χ0n) is 15.6. The van der Waals surface area contributed by atoms with Gasteiger partial charge in [-0.05, 0) is 17.7 Å². The zero-order chi connectivity index (χ0) is 19.7. The number of anilines is 1. The zero-order valence-corrected chi connectivity index (χ0v) is 17.2. The largest absolute Gasteiger partial charge is 0.347 e. The summed E-state index contributed by atoms with van der Waals surface area (Å²) in [5.41, 5.74) is 2.41. The number of fused-ring (bicyclic) bond motifs is 3. The lowest BCUT2D eigenvalue weighted by Gasteiger charge is -2.16. The highest BCUT2D eigenvalue weighted by Gasteiger charge is 2.21. The van der Waals surface area contributed by atoms with Crippen molar-refractivity contribution >= 4 is 39.8 Å². The maximum atomic E-state index is 13.3. The Hall–Kier alpha value is -3.00. The lowest BCUT2D eigenvalue weighted by atomic mass is 10.1. The lowest BCUT2D eigenvalue weighted by molar-refractivity contribution is 0.757. The Labute approximate surface area is 170 Å². The van der Waals surface area contributed by atoms with E-state index in [9.17, 15) is 4.79 Å². The van der Waals surface area contributed by atoms with Crippen molar-refractivity contribution in [2.24, 2.45) is 0 Å². The number of hydrogen-bond donors (Lipinski definition) is 0. The molecule has 7 nitrogen and oxygen atoms in total. The van der Waals surface area contributed by atoms with Crippen LogP contribution in [0.25, 0.3) is 17.9 Å². The van der Waals surface area contributed by atoms with Crippen molar-refractivity contribution in [2.45, 2.75) is 13.0 Å². The molecular weight excluding hydrogens is 420 g/mol. The summed E-state index contributed by atoms with van der Waals surface area (Å²) in [4.78, 5) is 19.3. The van der Waals surface area contributed by atoms with Crippen molar-refractivity contribution in [3.63, 3.8) is 0 Å². The van der Waals surface area contributed by atoms with E-state index in [2.05, 4.69) is 31.1 Å². The van der Waals surface area contributed by atoms with Crippen LogP contribution >= 0.6 is 15.9 Å². The number of rotatable bonds is 4. The van der Waals surface area contributed by atoms with Gasteiger partial charge < -0.3 is 4.90 Å². The van der Waals surface area contributed by atoms with E-state index in [1.54, 1.807) is 17.0 Å². The fourth-order valence-electron chi connectivity index (χ4n) is 3.20. The number of halogens is 1. The normalized spacial score (nSPS) is 13.6. The van der Waals surface area contributed by atoms with Gasteiger partial charge in [0, 0.05) is 49.6 Å². The first-order chi connectivity index (χ1) is 13.6. The molecule has 28 heavy (non-hydrogen) atoms. The summed E-state index contributed by atoms with van der Waals surface area (Å²) in [5.74, 6) is 1.22. The predicted molar refractivity (Wildman–Crippen MR) is 115 cm³/mol. The van der Waals surface area contributed by atoms with Gasteiger partial charge >= 0.3 is 0 Å². The summed E-state index contributed by atoms with van der Waals surface area (Å²) in [6, 6.07) is 3.84. The van der Waals surface area contributed by atoms with E-state index in [0.717, 1.165) is 15.7 Å². The van der Waals surface area contributed by atoms with Gasteiger partial charge in [0.25, 0.3) is 5.56 Å². The van der Waals surface area contributed by atoms with E-state index < -0.39 is 0 Å². The third-order valence-electron chi connectivity index (χ3n) is 4.48. The van der Waals surface area contributed by atoms with E-state index in [-0.39, 0.29) is 5.56 Å². The monoisotopic (exact) mass is 438 g/mol. The molecule has 142 valence electrons. The van der Waals surface area contributed by atoms with Gasteiger partial charge in [0.05, 0.1) is 5.56 Å². The fourth-order valence-corrected chi connectivity index (χ4v) is 3.62. The third-order valence-corrected chi connectivity index (χ3v) is 4.97. The van der Waals surface area contributed by atoms with Gasteiger partial charge in [-0.1, -0.05) is 46.3 Å². The Morgan fingerprint density at radius 2 is 2.18 bits per heavy atom. The molecule has 0 amide bonds. The summed E-state index contributed by atoms with van der Waals surface area (Å²) in [5, 5.41) is 8.62. The fraction of sp³-hybridized carbons (Fsp3) is 0.200. The van der Waals surface area contributed by atoms with Gasteiger partial charge in [0.2, 0.25) is 11.7 Å². The second kappa shape index (κ2) is 7.55. The van der Waals surface area contributed by atoms with E-state index in [4.69, 9.17) is 0 Å². The van der Waals surface area contributed by atoms with Crippen LogP contribution < -0.4 is 10.5 Å². The molecule has 0 atom stereocenters. The number of pyridine rings is 1. The molecule has 1 aliphatic carbocycles. The molecule has 0 spiro atoms. The van der Waals surface area contributed by atoms with Crippen molar-refractivity contribution in [1.29, 1.82) is 0 Å². The molecule has 0 fully saturated rings. The topological polar surface area (TPSA) is 68.3 Å². The minimum Gasteiger partial charge on any atom is -0.347 e. The molecule has 0 aliphatic heterocycles. The summed E-state index contributed by atoms with van der Waals surface area (Å²) in [6.07, 6.45) is 13.8. The maximum Gasteiger partial charge on any atom is 0.262 e. The molecular formula is C20H19BrN6O. The molecule has 0 radical (unpaired) electrons. The van der Waals surface area contributed by atoms with E-state index in [1.165, 1.54) is 0 Å². The number of aromatic nitrogens is 5. The van der Waals surface area contributed by atoms with Crippen molar-refractivity contribution in [3.8, 4) is 0 Å². The van der Waals surface area contributed by atoms with Gasteiger partial charge in [0.1, 0.15) is 0 Å². The van der Waals surface area contributed by atoms with Crippen LogP contribution in [0.1, 0.15) is 16.8 Å². The molecule has 0 aromatic carbocycles. The minimum atomic E-state index is -0.0864. The summed E-state index contributed by atoms with van der Waals surface area (Å²) in [6.45, 7) is 0.384. The first kappa shape index (κ1) is 18.4. The summed E-state index contributed by atoms with van der Waals surface area (Å²) < 4.78 is 4.47. The molecule has 3 heterocycles. The van der Waals surface area contributed by atoms with Crippen LogP contribution in [-0.2, 0) is 13.0 Å². The van der Waals surface area contributed by atoms with E-state index >= 15 is 0 Å². The molecule has 8 heteroatoms. The molecule has 0 bridgehead atoms. The highest BCUT2D eigenvalue weighted by atomic mass is 79.9. The second-order valence-electron chi connectivity index (χ2n) is 6.63. The third kappa shape index (κ3) is 3.31. The first-order valence-corrected chi connectivity index (χ1v) is 9.64. The number of hydrogen-bond acceptors (Lipinski definition) is 5. The average molecular weight is 439 g/mol. The van der Waals surface area contributed by atoms with Crippen molar-refractivity contribution < 1.29 is 0 Å². The molecule has 1 aliphatic rings. The van der Waals surface area contributed by atoms with Crippen molar-refractivity contribution in [1.82, 2.24) is 24.1 Å². The van der Waals surface area contributed by atoms with Gasteiger partial charge in [-0.25, -0.2) is 4.40 Å². The highest BCUT2D eigenvalue weighted by molar-refractivity contribution is 9.12. The Morgan fingerprint density at radius 3 is 2.93 bits per heavy atom. The van der Waals surface area contributed by atoms with Crippen LogP contribution in [0.2, 0.25) is 0 Å². The Bertz CT molecular complexity index is 1170. The van der Waals surface area contributed by atoms with Gasteiger partial charge in [0.15, 0.2) is 0 Å². The van der Waals surface area contributed by atoms with Crippen LogP contribution in [0.4, 0.5) is 5.95 Å². The van der Waals surface area contributed by atoms with Crippen LogP contribution in [0.3, 0.4) is 0 Å². The standard InChI is InChI=1S/C20H19BrN6O/c1-25(2)19-23-24-20-26(11-5-7-14-6-4-10-22-13-14)18(28)16-12-15(21)8-3-9-17(16)27(19)20/h3-8,10,12-13H,9,11H2,1-2H3/b7-5+. The molecule has 3 aromatic heterocycles. The molecule has 0 N–H and O–H groups in total. The average Bonchev–Trinajstić information content (AvgIpc) is 3.03. The number of allylic oxidation sites excluding steroid dienone is 4. The molecule has 0 saturated heterocycles. The minimum absolute atomic E-state index is 0.0864. The maximum absolute atomic E-state index is 13.3. The Balaban J connectivity index is 1.89. The summed E-state index contributed by atoms with van der Waals surface area (Å²) in [7, 11) is 3.83. The smallest absolute Gasteiger partial charge is 0.262 e. The van der Waals surface area contributed by atoms with E-state index in [1.807, 2.05) is 65.9 Å². The van der Waals surface area contributed by atoms with Crippen LogP contribution in [0.15, 0.2) is 52.0 Å². The van der Waals surface area contributed by atoms with Crippen LogP contribution in [0, 0.1) is 0 Å². The Kier molecular flexibility index (Phi) is 4.95. The van der Waals surface area contributed by atoms with Crippen LogP contribution in [0.5, 0.6) is 0 Å². The van der Waals surface area contributed by atoms with E-state index in [0.29, 0.717) is 30.3 Å². The first-order valence-electron chi connectivity index (χ1n) is 8.84. The molecule has 4 rings (SSSR count). The molecule has 0 saturated carbocycles. The summed E-state index contributed by atoms with van der Waals surface area (Å²) >= 11 is 3.51. The highest BCUT2D eigenvalue weighted by Crippen LogP contribution is 2.23. The number of nitrogens with zero attached hydrogens (tertiary/aromatic N) is 6. The molecule has 3 aromatic rings. The SMILES string of the molecule is CN(C)c1nnc2n(C/C=C/c3cccnc3)c(=O)c3c(n12)CC=CC(Br)=C3. The van der Waals surface area contributed by atoms with Crippen molar-refractivity contribution in [2.75, 3.05) is 19.0 Å². The van der Waals surface area contributed by atoms with Crippen molar-refractivity contribution in [3.05, 3.63) is 74.4 Å². The second-order valence-corrected chi connectivity index (χ2v) is 7.55. The van der Waals surface area contributed by atoms with Gasteiger partial charge in [-0.3, -0.25) is 14.3 Å². The quantitative estimate of drug-likeness (QED) is 0.626. The molecule has 0 unspecified atom stereocenters. The van der Waals surface area contributed by atoms with Crippen LogP contribution in [-0.4, -0.2) is 38.2 Å². The lowest BCUT2D eigenvalue weighted by Crippen LogP contribution is -2.28. The van der Waals surface area contributed by atoms with Gasteiger partial charge in [-0.2, -0.15) is 0 Å². The van der Waals surface area contributed by atoms with Gasteiger partial charge in [-0.15, -0.1) is 10.2 Å².